The molecule has 0 radical (unpaired) electrons. The molecule has 4 heteroatoms. The van der Waals surface area contributed by atoms with E-state index in [-0.39, 0.29) is 11.9 Å². The van der Waals surface area contributed by atoms with Gasteiger partial charge < -0.3 is 16.0 Å². The van der Waals surface area contributed by atoms with Crippen LogP contribution in [0.15, 0.2) is 0 Å². The van der Waals surface area contributed by atoms with Gasteiger partial charge in [-0.25, -0.2) is 0 Å². The summed E-state index contributed by atoms with van der Waals surface area (Å²) in [6.45, 7) is 5.02. The van der Waals surface area contributed by atoms with Gasteiger partial charge in [0, 0.05) is 7.05 Å². The van der Waals surface area contributed by atoms with Gasteiger partial charge in [0.25, 0.3) is 0 Å². The number of amides is 1. The number of rotatable bonds is 7. The first-order valence-corrected chi connectivity index (χ1v) is 5.79. The van der Waals surface area contributed by atoms with E-state index in [4.69, 9.17) is 0 Å². The van der Waals surface area contributed by atoms with Gasteiger partial charge in [-0.05, 0) is 33.5 Å². The predicted molar refractivity (Wildman–Crippen MR) is 66.0 cm³/mol. The number of likely N-dealkylation sites (N-methyl/N-ethyl adjacent to an activating group) is 2. The molecular weight excluding hydrogens is 190 g/mol. The highest BCUT2D eigenvalue weighted by Gasteiger charge is 2.12. The second kappa shape index (κ2) is 13.4. The monoisotopic (exact) mass is 217 g/mol. The zero-order valence-electron chi connectivity index (χ0n) is 10.8. The molecule has 0 aromatic carbocycles. The summed E-state index contributed by atoms with van der Waals surface area (Å²) in [5, 5.41) is 8.72. The van der Waals surface area contributed by atoms with Crippen LogP contribution in [0.2, 0.25) is 0 Å². The lowest BCUT2D eigenvalue weighted by Gasteiger charge is -2.13. The molecule has 0 rings (SSSR count). The van der Waals surface area contributed by atoms with Gasteiger partial charge in [0.1, 0.15) is 0 Å². The van der Waals surface area contributed by atoms with E-state index in [1.165, 1.54) is 0 Å². The summed E-state index contributed by atoms with van der Waals surface area (Å²) < 4.78 is 0. The van der Waals surface area contributed by atoms with Crippen molar-refractivity contribution in [3.63, 3.8) is 0 Å². The fourth-order valence-corrected chi connectivity index (χ4v) is 1.23. The molecule has 0 fully saturated rings. The molecule has 92 valence electrons. The van der Waals surface area contributed by atoms with Crippen LogP contribution in [-0.4, -0.2) is 39.6 Å². The Hall–Kier alpha value is -0.610. The molecule has 0 aromatic rings. The van der Waals surface area contributed by atoms with E-state index in [1.807, 2.05) is 27.9 Å². The minimum atomic E-state index is -0.0399. The summed E-state index contributed by atoms with van der Waals surface area (Å²) >= 11 is 0. The molecule has 3 N–H and O–H groups in total. The van der Waals surface area contributed by atoms with Crippen LogP contribution in [0.5, 0.6) is 0 Å². The maximum Gasteiger partial charge on any atom is 0.236 e. The number of carbonyl (C=O) groups is 1. The van der Waals surface area contributed by atoms with Crippen LogP contribution in [-0.2, 0) is 4.79 Å². The van der Waals surface area contributed by atoms with Crippen LogP contribution >= 0.6 is 0 Å². The summed E-state index contributed by atoms with van der Waals surface area (Å²) in [5.41, 5.74) is 0. The topological polar surface area (TPSA) is 53.2 Å². The molecule has 1 amide bonds. The fourth-order valence-electron chi connectivity index (χ4n) is 1.23. The van der Waals surface area contributed by atoms with Crippen LogP contribution in [0.3, 0.4) is 0 Å². The third-order valence-electron chi connectivity index (χ3n) is 2.08. The molecular formula is C11H27N3O. The molecule has 0 aliphatic heterocycles. The molecule has 15 heavy (non-hydrogen) atoms. The molecule has 0 spiro atoms. The second-order valence-corrected chi connectivity index (χ2v) is 3.05. The van der Waals surface area contributed by atoms with Gasteiger partial charge in [-0.1, -0.05) is 20.3 Å². The smallest absolute Gasteiger partial charge is 0.236 e. The second-order valence-electron chi connectivity index (χ2n) is 3.05. The van der Waals surface area contributed by atoms with Crippen molar-refractivity contribution in [1.29, 1.82) is 0 Å². The molecule has 0 saturated carbocycles. The quantitative estimate of drug-likeness (QED) is 0.551. The molecule has 0 saturated heterocycles. The highest BCUT2D eigenvalue weighted by molar-refractivity contribution is 5.81. The van der Waals surface area contributed by atoms with Crippen LogP contribution < -0.4 is 16.0 Å². The summed E-state index contributed by atoms with van der Waals surface area (Å²) in [5.74, 6) is 0.0759. The van der Waals surface area contributed by atoms with Gasteiger partial charge >= 0.3 is 0 Å². The third-order valence-corrected chi connectivity index (χ3v) is 2.08. The summed E-state index contributed by atoms with van der Waals surface area (Å²) in [6.07, 6.45) is 3.09. The lowest BCUT2D eigenvalue weighted by atomic mass is 10.1. The summed E-state index contributed by atoms with van der Waals surface area (Å²) in [7, 11) is 5.42. The van der Waals surface area contributed by atoms with Crippen molar-refractivity contribution in [3.8, 4) is 0 Å². The highest BCUT2D eigenvalue weighted by atomic mass is 16.2. The van der Waals surface area contributed by atoms with E-state index in [0.29, 0.717) is 0 Å². The Morgan fingerprint density at radius 2 is 1.73 bits per heavy atom. The molecule has 1 unspecified atom stereocenters. The first-order valence-electron chi connectivity index (χ1n) is 5.79. The van der Waals surface area contributed by atoms with E-state index < -0.39 is 0 Å². The van der Waals surface area contributed by atoms with Crippen molar-refractivity contribution in [2.75, 3.05) is 27.7 Å². The number of carbonyl (C=O) groups excluding carboxylic acids is 1. The van der Waals surface area contributed by atoms with Crippen LogP contribution in [0, 0.1) is 0 Å². The van der Waals surface area contributed by atoms with Crippen molar-refractivity contribution >= 4 is 5.91 Å². The Morgan fingerprint density at radius 3 is 2.13 bits per heavy atom. The molecule has 4 nitrogen and oxygen atoms in total. The van der Waals surface area contributed by atoms with Crippen molar-refractivity contribution in [1.82, 2.24) is 16.0 Å². The molecule has 0 heterocycles. The normalized spacial score (nSPS) is 11.3. The van der Waals surface area contributed by atoms with Gasteiger partial charge in [-0.15, -0.1) is 0 Å². The summed E-state index contributed by atoms with van der Waals surface area (Å²) in [4.78, 5) is 11.2. The van der Waals surface area contributed by atoms with Gasteiger partial charge in [0.15, 0.2) is 0 Å². The maximum atomic E-state index is 11.2. The van der Waals surface area contributed by atoms with Crippen LogP contribution in [0.25, 0.3) is 0 Å². The summed E-state index contributed by atoms with van der Waals surface area (Å²) in [6, 6.07) is -0.0399. The first-order chi connectivity index (χ1) is 7.26. The average Bonchev–Trinajstić information content (AvgIpc) is 2.31. The first kappa shape index (κ1) is 16.8. The fraction of sp³-hybridized carbons (Fsp3) is 0.909. The van der Waals surface area contributed by atoms with E-state index in [9.17, 15) is 4.79 Å². The van der Waals surface area contributed by atoms with Crippen molar-refractivity contribution in [2.45, 2.75) is 39.2 Å². The largest absolute Gasteiger partial charge is 0.358 e. The minimum Gasteiger partial charge on any atom is -0.358 e. The lowest BCUT2D eigenvalue weighted by molar-refractivity contribution is -0.122. The van der Waals surface area contributed by atoms with Gasteiger partial charge in [0.2, 0.25) is 5.91 Å². The Balaban J connectivity index is 0. The van der Waals surface area contributed by atoms with E-state index in [0.717, 1.165) is 25.8 Å². The van der Waals surface area contributed by atoms with Crippen LogP contribution in [0.1, 0.15) is 33.1 Å². The number of nitrogens with one attached hydrogen (secondary N) is 3. The third kappa shape index (κ3) is 9.69. The van der Waals surface area contributed by atoms with Crippen LogP contribution in [0.4, 0.5) is 0 Å². The molecule has 0 bridgehead atoms. The molecule has 0 aliphatic carbocycles. The Kier molecular flexibility index (Phi) is 15.0. The zero-order valence-corrected chi connectivity index (χ0v) is 10.8. The molecule has 0 aliphatic rings. The van der Waals surface area contributed by atoms with Crippen molar-refractivity contribution < 1.29 is 4.79 Å². The average molecular weight is 217 g/mol. The standard InChI is InChI=1S/C9H21N3O.C2H6/c1-10-7-5-4-6-8(11-2)9(13)12-3;1-2/h8,10-11H,4-7H2,1-3H3,(H,12,13);1-2H3. The zero-order chi connectivity index (χ0) is 12.1. The Bertz CT molecular complexity index is 140. The van der Waals surface area contributed by atoms with E-state index in [2.05, 4.69) is 16.0 Å². The number of hydrogen-bond acceptors (Lipinski definition) is 3. The van der Waals surface area contributed by atoms with Crippen molar-refractivity contribution in [3.05, 3.63) is 0 Å². The van der Waals surface area contributed by atoms with E-state index in [1.54, 1.807) is 7.05 Å². The highest BCUT2D eigenvalue weighted by Crippen LogP contribution is 1.99. The number of hydrogen-bond donors (Lipinski definition) is 3. The van der Waals surface area contributed by atoms with Crippen molar-refractivity contribution in [2.24, 2.45) is 0 Å². The van der Waals surface area contributed by atoms with Gasteiger partial charge in [0.05, 0.1) is 6.04 Å². The Morgan fingerprint density at radius 1 is 1.13 bits per heavy atom. The lowest BCUT2D eigenvalue weighted by Crippen LogP contribution is -2.40. The number of unbranched alkanes of at least 4 members (excludes halogenated alkanes) is 1. The van der Waals surface area contributed by atoms with Gasteiger partial charge in [-0.3, -0.25) is 4.79 Å². The molecule has 1 atom stereocenters. The maximum absolute atomic E-state index is 11.2. The molecule has 0 aromatic heterocycles. The SMILES string of the molecule is CC.CNCCCCC(NC)C(=O)NC. The predicted octanol–water partition coefficient (Wildman–Crippen LogP) is 0.736. The Labute approximate surface area is 94.2 Å². The van der Waals surface area contributed by atoms with Gasteiger partial charge in [-0.2, -0.15) is 0 Å². The van der Waals surface area contributed by atoms with E-state index >= 15 is 0 Å². The minimum absolute atomic E-state index is 0.0399.